The van der Waals surface area contributed by atoms with E-state index in [1.165, 1.54) is 69.8 Å². The maximum atomic E-state index is 6.84. The van der Waals surface area contributed by atoms with E-state index in [2.05, 4.69) is 81.1 Å². The smallest absolute Gasteiger partial charge is 0.184 e. The lowest BCUT2D eigenvalue weighted by Crippen LogP contribution is -2.56. The molecule has 4 aliphatic carbocycles. The van der Waals surface area contributed by atoms with Crippen LogP contribution in [-0.2, 0) is 4.43 Å². The topological polar surface area (TPSA) is 9.23 Å². The van der Waals surface area contributed by atoms with Gasteiger partial charge in [-0.2, -0.15) is 0 Å². The van der Waals surface area contributed by atoms with Gasteiger partial charge in [-0.15, -0.1) is 0 Å². The summed E-state index contributed by atoms with van der Waals surface area (Å²) in [7, 11) is -1.54. The summed E-state index contributed by atoms with van der Waals surface area (Å²) in [5.41, 5.74) is 6.88. The van der Waals surface area contributed by atoms with E-state index in [4.69, 9.17) is 4.43 Å². The van der Waals surface area contributed by atoms with E-state index in [1.807, 2.05) is 11.1 Å². The molecule has 0 N–H and O–H groups in total. The van der Waals surface area contributed by atoms with Crippen molar-refractivity contribution in [3.8, 4) is 0 Å². The molecule has 0 aliphatic heterocycles. The third-order valence-electron chi connectivity index (χ3n) is 12.1. The fraction of sp³-hybridized carbons (Fsp3) is 0.879. The summed E-state index contributed by atoms with van der Waals surface area (Å²) in [6.45, 7) is 27.4. The van der Waals surface area contributed by atoms with Gasteiger partial charge in [-0.3, -0.25) is 0 Å². The molecule has 1 nitrogen and oxygen atoms in total. The van der Waals surface area contributed by atoms with E-state index < -0.39 is 8.32 Å². The Morgan fingerprint density at radius 3 is 2.26 bits per heavy atom. The summed E-state index contributed by atoms with van der Waals surface area (Å²) in [4.78, 5) is 0. The molecule has 0 aromatic heterocycles. The van der Waals surface area contributed by atoms with Gasteiger partial charge in [0.05, 0.1) is 6.10 Å². The predicted octanol–water partition coefficient (Wildman–Crippen LogP) is 10.3. The highest BCUT2D eigenvalue weighted by molar-refractivity contribution is 6.69. The molecule has 7 atom stereocenters. The molecule has 0 saturated heterocycles. The van der Waals surface area contributed by atoms with Crippen molar-refractivity contribution in [2.45, 2.75) is 145 Å². The first kappa shape index (κ1) is 27.7. The molecule has 0 radical (unpaired) electrons. The highest BCUT2D eigenvalue weighted by Gasteiger charge is 2.63. The number of rotatable bonds is 6. The van der Waals surface area contributed by atoms with Gasteiger partial charge in [0.15, 0.2) is 8.32 Å². The summed E-state index contributed by atoms with van der Waals surface area (Å²) in [5, 5.41) is 0. The van der Waals surface area contributed by atoms with E-state index in [-0.39, 0.29) is 5.41 Å². The maximum absolute atomic E-state index is 6.84. The molecule has 0 spiro atoms. The summed E-state index contributed by atoms with van der Waals surface area (Å²) >= 11 is 0. The molecular weight excluding hydrogens is 440 g/mol. The van der Waals surface area contributed by atoms with Gasteiger partial charge in [-0.05, 0) is 137 Å². The van der Waals surface area contributed by atoms with Crippen molar-refractivity contribution in [3.05, 3.63) is 22.8 Å². The number of hydrogen-bond donors (Lipinski definition) is 0. The van der Waals surface area contributed by atoms with Crippen LogP contribution in [0.15, 0.2) is 22.8 Å². The van der Waals surface area contributed by atoms with Gasteiger partial charge in [0.1, 0.15) is 0 Å². The Morgan fingerprint density at radius 2 is 1.63 bits per heavy atom. The van der Waals surface area contributed by atoms with E-state index in [0.717, 1.165) is 17.8 Å². The zero-order valence-corrected chi connectivity index (χ0v) is 26.4. The van der Waals surface area contributed by atoms with Crippen LogP contribution < -0.4 is 0 Å². The van der Waals surface area contributed by atoms with Crippen LogP contribution in [0.5, 0.6) is 0 Å². The molecule has 2 fully saturated rings. The summed E-state index contributed by atoms with van der Waals surface area (Å²) in [5.74, 6) is 2.48. The zero-order valence-electron chi connectivity index (χ0n) is 25.4. The molecule has 200 valence electrons. The lowest BCUT2D eigenvalue weighted by atomic mass is 9.43. The van der Waals surface area contributed by atoms with Gasteiger partial charge in [0.25, 0.3) is 0 Å². The fourth-order valence-electron chi connectivity index (χ4n) is 10.1. The van der Waals surface area contributed by atoms with Gasteiger partial charge in [0, 0.05) is 0 Å². The number of fused-ring (bicyclic) bond motifs is 4. The third-order valence-corrected chi connectivity index (χ3v) is 13.1. The van der Waals surface area contributed by atoms with Crippen LogP contribution in [0.1, 0.15) is 120 Å². The molecule has 35 heavy (non-hydrogen) atoms. The zero-order chi connectivity index (χ0) is 26.0. The first-order chi connectivity index (χ1) is 16.1. The molecule has 0 unspecified atom stereocenters. The first-order valence-corrected chi connectivity index (χ1v) is 18.5. The Bertz CT molecular complexity index is 870. The minimum absolute atomic E-state index is 0.269. The minimum Gasteiger partial charge on any atom is -0.414 e. The maximum Gasteiger partial charge on any atom is 0.184 e. The van der Waals surface area contributed by atoms with Crippen molar-refractivity contribution in [3.63, 3.8) is 0 Å². The van der Waals surface area contributed by atoms with Crippen molar-refractivity contribution in [1.82, 2.24) is 0 Å². The number of hydrogen-bond acceptors (Lipinski definition) is 1. The molecule has 0 amide bonds. The summed E-state index contributed by atoms with van der Waals surface area (Å²) in [6.07, 6.45) is 16.5. The van der Waals surface area contributed by atoms with Gasteiger partial charge in [-0.1, -0.05) is 64.3 Å². The molecule has 0 aromatic carbocycles. The van der Waals surface area contributed by atoms with Crippen LogP contribution in [-0.4, -0.2) is 14.4 Å². The average molecular weight is 499 g/mol. The molecule has 4 rings (SSSR count). The lowest BCUT2D eigenvalue weighted by molar-refractivity contribution is -0.0885. The standard InChI is InChI=1S/C33H58OSi/c1-23(2)13-12-14-24(3)25-17-21-33(8)27-15-16-28-30(4,5)29(34-35(9,10)11)19-20-31(28,6)26(27)18-22-32(25,33)7/h13,24-25,28-29H,12,14-22H2,1-11H3/t24-,25+,28-,29-,31+,32+,33-/m0/s1. The van der Waals surface area contributed by atoms with Crippen molar-refractivity contribution in [2.24, 2.45) is 39.4 Å². The molecular formula is C33H58OSi. The van der Waals surface area contributed by atoms with Crippen LogP contribution in [0.25, 0.3) is 0 Å². The summed E-state index contributed by atoms with van der Waals surface area (Å²) < 4.78 is 6.84. The van der Waals surface area contributed by atoms with Crippen LogP contribution in [0.2, 0.25) is 19.6 Å². The highest BCUT2D eigenvalue weighted by atomic mass is 28.4. The highest BCUT2D eigenvalue weighted by Crippen LogP contribution is 2.72. The molecule has 0 aromatic rings. The average Bonchev–Trinajstić information content (AvgIpc) is 3.01. The SMILES string of the molecule is CC(C)=CCC[C@H](C)[C@H]1CC[C@@]2(C)C3=C(CC[C@]12C)[C@@]1(C)CC[C@H](O[Si](C)(C)C)C(C)(C)[C@@H]1CC3. The second-order valence-electron chi connectivity index (χ2n) is 15.8. The molecule has 2 saturated carbocycles. The van der Waals surface area contributed by atoms with Gasteiger partial charge in [0.2, 0.25) is 0 Å². The van der Waals surface area contributed by atoms with E-state index in [1.54, 1.807) is 0 Å². The molecule has 2 heteroatoms. The fourth-order valence-corrected chi connectivity index (χ4v) is 11.4. The van der Waals surface area contributed by atoms with Crippen molar-refractivity contribution < 1.29 is 4.43 Å². The van der Waals surface area contributed by atoms with Crippen LogP contribution >= 0.6 is 0 Å². The predicted molar refractivity (Wildman–Crippen MR) is 155 cm³/mol. The summed E-state index contributed by atoms with van der Waals surface area (Å²) in [6, 6.07) is 0. The Balaban J connectivity index is 1.62. The Hall–Kier alpha value is -0.343. The second kappa shape index (κ2) is 9.14. The van der Waals surface area contributed by atoms with E-state index in [9.17, 15) is 0 Å². The van der Waals surface area contributed by atoms with E-state index in [0.29, 0.717) is 22.3 Å². The molecule has 0 bridgehead atoms. The van der Waals surface area contributed by atoms with Crippen LogP contribution in [0.3, 0.4) is 0 Å². The first-order valence-electron chi connectivity index (χ1n) is 15.1. The van der Waals surface area contributed by atoms with Gasteiger partial charge in [-0.25, -0.2) is 0 Å². The van der Waals surface area contributed by atoms with Crippen LogP contribution in [0.4, 0.5) is 0 Å². The second-order valence-corrected chi connectivity index (χ2v) is 20.2. The molecule has 0 heterocycles. The monoisotopic (exact) mass is 498 g/mol. The Kier molecular flexibility index (Phi) is 7.23. The van der Waals surface area contributed by atoms with Crippen molar-refractivity contribution in [1.29, 1.82) is 0 Å². The molecule has 4 aliphatic rings. The largest absolute Gasteiger partial charge is 0.414 e. The minimum atomic E-state index is -1.54. The van der Waals surface area contributed by atoms with Gasteiger partial charge < -0.3 is 4.43 Å². The lowest BCUT2D eigenvalue weighted by Gasteiger charge is -2.63. The van der Waals surface area contributed by atoms with Crippen LogP contribution in [0, 0.1) is 39.4 Å². The quantitative estimate of drug-likeness (QED) is 0.261. The van der Waals surface area contributed by atoms with Gasteiger partial charge >= 0.3 is 0 Å². The Labute approximate surface area is 220 Å². The van der Waals surface area contributed by atoms with Crippen molar-refractivity contribution >= 4 is 8.32 Å². The van der Waals surface area contributed by atoms with Crippen molar-refractivity contribution in [2.75, 3.05) is 0 Å². The normalized spacial score (nSPS) is 41.6. The number of allylic oxidation sites excluding steroid dienone is 4. The third kappa shape index (κ3) is 4.49. The Morgan fingerprint density at radius 1 is 0.943 bits per heavy atom. The van der Waals surface area contributed by atoms with E-state index >= 15 is 0 Å².